The third-order valence-electron chi connectivity index (χ3n) is 5.09. The molecule has 7 heteroatoms. The number of likely N-dealkylation sites (tertiary alicyclic amines) is 1. The van der Waals surface area contributed by atoms with Crippen molar-refractivity contribution in [1.82, 2.24) is 14.9 Å². The number of ether oxygens (including phenoxy) is 1. The van der Waals surface area contributed by atoms with Gasteiger partial charge in [-0.2, -0.15) is 4.98 Å². The molecule has 1 N–H and O–H groups in total. The van der Waals surface area contributed by atoms with Crippen LogP contribution >= 0.6 is 0 Å². The zero-order chi connectivity index (χ0) is 20.8. The molecule has 0 radical (unpaired) electrons. The van der Waals surface area contributed by atoms with E-state index in [0.29, 0.717) is 25.6 Å². The van der Waals surface area contributed by atoms with Crippen molar-refractivity contribution in [3.05, 3.63) is 41.6 Å². The Hall–Kier alpha value is -2.83. The Kier molecular flexibility index (Phi) is 6.90. The van der Waals surface area contributed by atoms with E-state index >= 15 is 0 Å². The van der Waals surface area contributed by atoms with E-state index in [1.165, 1.54) is 5.56 Å². The molecule has 1 aromatic carbocycles. The molecule has 1 aliphatic heterocycles. The average Bonchev–Trinajstić information content (AvgIpc) is 2.69. The van der Waals surface area contributed by atoms with Crippen LogP contribution in [0.3, 0.4) is 0 Å². The third kappa shape index (κ3) is 5.37. The molecule has 156 valence electrons. The highest BCUT2D eigenvalue weighted by Gasteiger charge is 2.24. The summed E-state index contributed by atoms with van der Waals surface area (Å²) in [5, 5.41) is 3.54. The van der Waals surface area contributed by atoms with Crippen molar-refractivity contribution in [2.24, 2.45) is 0 Å². The number of carbonyl (C=O) groups excluding carboxylic acids is 1. The fraction of sp³-hybridized carbons (Fsp3) is 0.500. The number of anilines is 3. The number of benzene rings is 1. The number of hydrogen-bond acceptors (Lipinski definition) is 6. The average molecular weight is 398 g/mol. The molecule has 29 heavy (non-hydrogen) atoms. The van der Waals surface area contributed by atoms with E-state index in [2.05, 4.69) is 53.3 Å². The van der Waals surface area contributed by atoms with Gasteiger partial charge in [-0.1, -0.05) is 12.1 Å². The van der Waals surface area contributed by atoms with E-state index in [1.807, 2.05) is 19.9 Å². The quantitative estimate of drug-likeness (QED) is 0.784. The van der Waals surface area contributed by atoms with Gasteiger partial charge in [-0.25, -0.2) is 9.78 Å². The van der Waals surface area contributed by atoms with Gasteiger partial charge in [0.15, 0.2) is 0 Å². The maximum absolute atomic E-state index is 11.9. The molecule has 7 nitrogen and oxygen atoms in total. The lowest BCUT2D eigenvalue weighted by Gasteiger charge is -2.32. The first-order chi connectivity index (χ1) is 14.0. The summed E-state index contributed by atoms with van der Waals surface area (Å²) >= 11 is 0. The standard InChI is InChI=1S/C22H31N5O2/c1-5-27(19-9-7-8-16(3)14-19)21-23-17(4)15-20(25-21)24-18-10-12-26(13-11-18)22(28)29-6-2/h7-9,14-15,18H,5-6,10-13H2,1-4H3,(H,23,24,25). The second-order valence-electron chi connectivity index (χ2n) is 7.38. The van der Waals surface area contributed by atoms with Crippen LogP contribution in [0.5, 0.6) is 0 Å². The molecular formula is C22H31N5O2. The van der Waals surface area contributed by atoms with Crippen molar-refractivity contribution in [1.29, 1.82) is 0 Å². The predicted molar refractivity (Wildman–Crippen MR) is 116 cm³/mol. The van der Waals surface area contributed by atoms with Gasteiger partial charge in [-0.15, -0.1) is 0 Å². The second-order valence-corrected chi connectivity index (χ2v) is 7.38. The number of aromatic nitrogens is 2. The fourth-order valence-electron chi connectivity index (χ4n) is 3.61. The summed E-state index contributed by atoms with van der Waals surface area (Å²) < 4.78 is 5.10. The first kappa shape index (κ1) is 20.9. The van der Waals surface area contributed by atoms with Crippen molar-refractivity contribution >= 4 is 23.5 Å². The lowest BCUT2D eigenvalue weighted by Crippen LogP contribution is -2.42. The largest absolute Gasteiger partial charge is 0.450 e. The molecular weight excluding hydrogens is 366 g/mol. The monoisotopic (exact) mass is 397 g/mol. The molecule has 2 heterocycles. The topological polar surface area (TPSA) is 70.6 Å². The first-order valence-electron chi connectivity index (χ1n) is 10.4. The van der Waals surface area contributed by atoms with Crippen LogP contribution in [0.15, 0.2) is 30.3 Å². The van der Waals surface area contributed by atoms with Crippen molar-refractivity contribution in [3.63, 3.8) is 0 Å². The number of aryl methyl sites for hydroxylation is 2. The van der Waals surface area contributed by atoms with Gasteiger partial charge < -0.3 is 19.9 Å². The number of rotatable bonds is 6. The van der Waals surface area contributed by atoms with E-state index in [4.69, 9.17) is 9.72 Å². The van der Waals surface area contributed by atoms with Crippen LogP contribution in [-0.4, -0.2) is 53.2 Å². The Labute approximate surface area is 173 Å². The predicted octanol–water partition coefficient (Wildman–Crippen LogP) is 4.28. The molecule has 1 saturated heterocycles. The summed E-state index contributed by atoms with van der Waals surface area (Å²) in [6.45, 7) is 10.6. The van der Waals surface area contributed by atoms with Crippen LogP contribution in [0.4, 0.5) is 22.2 Å². The highest BCUT2D eigenvalue weighted by molar-refractivity contribution is 5.67. The van der Waals surface area contributed by atoms with Crippen molar-refractivity contribution in [3.8, 4) is 0 Å². The normalized spacial score (nSPS) is 14.6. The van der Waals surface area contributed by atoms with E-state index < -0.39 is 0 Å². The summed E-state index contributed by atoms with van der Waals surface area (Å²) in [4.78, 5) is 25.2. The Balaban J connectivity index is 1.70. The van der Waals surface area contributed by atoms with Crippen molar-refractivity contribution in [2.45, 2.75) is 46.6 Å². The lowest BCUT2D eigenvalue weighted by molar-refractivity contribution is 0.0983. The lowest BCUT2D eigenvalue weighted by atomic mass is 10.1. The van der Waals surface area contributed by atoms with E-state index in [9.17, 15) is 4.79 Å². The van der Waals surface area contributed by atoms with Gasteiger partial charge in [0.1, 0.15) is 5.82 Å². The van der Waals surface area contributed by atoms with Gasteiger partial charge in [0.25, 0.3) is 0 Å². The Bertz CT molecular complexity index is 834. The molecule has 1 aliphatic rings. The van der Waals surface area contributed by atoms with Gasteiger partial charge in [0, 0.05) is 43.1 Å². The molecule has 1 amide bonds. The van der Waals surface area contributed by atoms with E-state index in [0.717, 1.165) is 36.6 Å². The summed E-state index contributed by atoms with van der Waals surface area (Å²) in [6, 6.07) is 10.6. The van der Waals surface area contributed by atoms with Crippen molar-refractivity contribution in [2.75, 3.05) is 36.5 Å². The minimum Gasteiger partial charge on any atom is -0.450 e. The summed E-state index contributed by atoms with van der Waals surface area (Å²) in [5.74, 6) is 1.53. The van der Waals surface area contributed by atoms with Crippen LogP contribution in [0.25, 0.3) is 0 Å². The molecule has 0 atom stereocenters. The molecule has 0 saturated carbocycles. The molecule has 0 unspecified atom stereocenters. The molecule has 0 aliphatic carbocycles. The number of nitrogens with zero attached hydrogens (tertiary/aromatic N) is 4. The molecule has 3 rings (SSSR count). The van der Waals surface area contributed by atoms with Crippen LogP contribution < -0.4 is 10.2 Å². The highest BCUT2D eigenvalue weighted by Crippen LogP contribution is 2.25. The number of nitrogens with one attached hydrogen (secondary N) is 1. The highest BCUT2D eigenvalue weighted by atomic mass is 16.6. The number of hydrogen-bond donors (Lipinski definition) is 1. The smallest absolute Gasteiger partial charge is 0.409 e. The minimum atomic E-state index is -0.220. The fourth-order valence-corrected chi connectivity index (χ4v) is 3.61. The van der Waals surface area contributed by atoms with Gasteiger partial charge in [0.05, 0.1) is 6.61 Å². The van der Waals surface area contributed by atoms with E-state index in [1.54, 1.807) is 4.90 Å². The molecule has 1 aromatic heterocycles. The minimum absolute atomic E-state index is 0.220. The maximum Gasteiger partial charge on any atom is 0.409 e. The third-order valence-corrected chi connectivity index (χ3v) is 5.09. The number of piperidine rings is 1. The SMILES string of the molecule is CCOC(=O)N1CCC(Nc2cc(C)nc(N(CC)c3cccc(C)c3)n2)CC1. The van der Waals surface area contributed by atoms with Crippen LogP contribution in [0, 0.1) is 13.8 Å². The maximum atomic E-state index is 11.9. The van der Waals surface area contributed by atoms with Gasteiger partial charge in [0.2, 0.25) is 5.95 Å². The summed E-state index contributed by atoms with van der Waals surface area (Å²) in [5.41, 5.74) is 3.22. The summed E-state index contributed by atoms with van der Waals surface area (Å²) in [6.07, 6.45) is 1.52. The van der Waals surface area contributed by atoms with Crippen LogP contribution in [-0.2, 0) is 4.74 Å². The molecule has 2 aromatic rings. The zero-order valence-corrected chi connectivity index (χ0v) is 17.8. The molecule has 0 spiro atoms. The van der Waals surface area contributed by atoms with Gasteiger partial charge in [-0.05, 0) is 58.2 Å². The zero-order valence-electron chi connectivity index (χ0n) is 17.8. The Morgan fingerprint density at radius 3 is 2.62 bits per heavy atom. The van der Waals surface area contributed by atoms with Gasteiger partial charge >= 0.3 is 6.09 Å². The Morgan fingerprint density at radius 2 is 1.97 bits per heavy atom. The molecule has 1 fully saturated rings. The number of carbonyl (C=O) groups is 1. The van der Waals surface area contributed by atoms with Gasteiger partial charge in [-0.3, -0.25) is 0 Å². The Morgan fingerprint density at radius 1 is 1.21 bits per heavy atom. The summed E-state index contributed by atoms with van der Waals surface area (Å²) in [7, 11) is 0. The van der Waals surface area contributed by atoms with E-state index in [-0.39, 0.29) is 12.1 Å². The van der Waals surface area contributed by atoms with Crippen LogP contribution in [0.2, 0.25) is 0 Å². The second kappa shape index (κ2) is 9.58. The van der Waals surface area contributed by atoms with Crippen molar-refractivity contribution < 1.29 is 9.53 Å². The van der Waals surface area contributed by atoms with Crippen LogP contribution in [0.1, 0.15) is 37.9 Å². The first-order valence-corrected chi connectivity index (χ1v) is 10.4. The number of amides is 1. The molecule has 0 bridgehead atoms.